The van der Waals surface area contributed by atoms with E-state index in [-0.39, 0.29) is 6.10 Å². The van der Waals surface area contributed by atoms with Crippen LogP contribution in [0, 0.1) is 0 Å². The Morgan fingerprint density at radius 2 is 2.36 bits per heavy atom. The zero-order valence-corrected chi connectivity index (χ0v) is 9.87. The highest BCUT2D eigenvalue weighted by Gasteiger charge is 2.17. The third-order valence-electron chi connectivity index (χ3n) is 1.88. The van der Waals surface area contributed by atoms with Gasteiger partial charge in [-0.25, -0.2) is 4.79 Å². The molecule has 0 fully saturated rings. The van der Waals surface area contributed by atoms with Crippen LogP contribution in [0.5, 0.6) is 0 Å². The van der Waals surface area contributed by atoms with Gasteiger partial charge in [0.25, 0.3) is 0 Å². The van der Waals surface area contributed by atoms with Crippen molar-refractivity contribution in [1.82, 2.24) is 0 Å². The Hall–Kier alpha value is -0.520. The molecule has 0 bridgehead atoms. The van der Waals surface area contributed by atoms with Crippen LogP contribution in [-0.4, -0.2) is 24.4 Å². The molecule has 1 heterocycles. The fourth-order valence-electron chi connectivity index (χ4n) is 1.04. The molecule has 1 atom stereocenters. The highest BCUT2D eigenvalue weighted by molar-refractivity contribution is 7.98. The van der Waals surface area contributed by atoms with Gasteiger partial charge in [-0.15, -0.1) is 23.1 Å². The summed E-state index contributed by atoms with van der Waals surface area (Å²) in [6.07, 6.45) is 1.88. The standard InChI is InChI=1S/C9H12O3S2/c1-5(12-2)8-6(13-3)4-7(14-8)9(10)11/h4-5H,1-3H3,(H,10,11). The third-order valence-corrected chi connectivity index (χ3v) is 4.07. The number of carbonyl (C=O) groups is 1. The summed E-state index contributed by atoms with van der Waals surface area (Å²) in [5.41, 5.74) is 0. The molecule has 0 aliphatic rings. The lowest BCUT2D eigenvalue weighted by Crippen LogP contribution is -1.93. The van der Waals surface area contributed by atoms with E-state index in [2.05, 4.69) is 0 Å². The minimum Gasteiger partial charge on any atom is -0.477 e. The van der Waals surface area contributed by atoms with Crippen LogP contribution in [0.15, 0.2) is 11.0 Å². The van der Waals surface area contributed by atoms with Crippen LogP contribution in [0.1, 0.15) is 27.6 Å². The molecule has 5 heteroatoms. The quantitative estimate of drug-likeness (QED) is 0.811. The number of ether oxygens (including phenoxy) is 1. The molecule has 0 radical (unpaired) electrons. The maximum atomic E-state index is 10.8. The number of thiophene rings is 1. The number of hydrogen-bond acceptors (Lipinski definition) is 4. The number of thioether (sulfide) groups is 1. The average molecular weight is 232 g/mol. The van der Waals surface area contributed by atoms with Crippen molar-refractivity contribution >= 4 is 29.1 Å². The lowest BCUT2D eigenvalue weighted by atomic mass is 10.3. The van der Waals surface area contributed by atoms with Gasteiger partial charge in [0.15, 0.2) is 0 Å². The van der Waals surface area contributed by atoms with Crippen molar-refractivity contribution < 1.29 is 14.6 Å². The summed E-state index contributed by atoms with van der Waals surface area (Å²) >= 11 is 2.82. The molecule has 0 aromatic carbocycles. The van der Waals surface area contributed by atoms with Gasteiger partial charge in [-0.1, -0.05) is 0 Å². The summed E-state index contributed by atoms with van der Waals surface area (Å²) in [5.74, 6) is -0.875. The van der Waals surface area contributed by atoms with Crippen LogP contribution in [0.4, 0.5) is 0 Å². The summed E-state index contributed by atoms with van der Waals surface area (Å²) in [4.78, 5) is 13.1. The lowest BCUT2D eigenvalue weighted by molar-refractivity contribution is 0.0702. The summed E-state index contributed by atoms with van der Waals surface area (Å²) < 4.78 is 5.18. The first kappa shape index (κ1) is 11.6. The number of rotatable bonds is 4. The molecule has 0 aliphatic heterocycles. The second kappa shape index (κ2) is 4.82. The smallest absolute Gasteiger partial charge is 0.345 e. The van der Waals surface area contributed by atoms with E-state index in [1.807, 2.05) is 13.2 Å². The predicted octanol–water partition coefficient (Wildman–Crippen LogP) is 2.88. The van der Waals surface area contributed by atoms with E-state index in [4.69, 9.17) is 9.84 Å². The van der Waals surface area contributed by atoms with Gasteiger partial charge >= 0.3 is 5.97 Å². The van der Waals surface area contributed by atoms with Gasteiger partial charge in [-0.05, 0) is 19.2 Å². The fraction of sp³-hybridized carbons (Fsp3) is 0.444. The van der Waals surface area contributed by atoms with Crippen molar-refractivity contribution in [2.45, 2.75) is 17.9 Å². The van der Waals surface area contributed by atoms with Crippen LogP contribution in [0.2, 0.25) is 0 Å². The molecule has 0 amide bonds. The highest BCUT2D eigenvalue weighted by atomic mass is 32.2. The highest BCUT2D eigenvalue weighted by Crippen LogP contribution is 2.35. The summed E-state index contributed by atoms with van der Waals surface area (Å²) in [7, 11) is 1.62. The Labute approximate surface area is 91.1 Å². The van der Waals surface area contributed by atoms with Crippen LogP contribution < -0.4 is 0 Å². The number of hydrogen-bond donors (Lipinski definition) is 1. The molecule has 14 heavy (non-hydrogen) atoms. The van der Waals surface area contributed by atoms with Crippen LogP contribution in [-0.2, 0) is 4.74 Å². The Morgan fingerprint density at radius 1 is 1.71 bits per heavy atom. The van der Waals surface area contributed by atoms with Crippen molar-refractivity contribution in [3.8, 4) is 0 Å². The Balaban J connectivity index is 3.08. The molecule has 1 N–H and O–H groups in total. The van der Waals surface area contributed by atoms with Gasteiger partial charge in [0.05, 0.1) is 6.10 Å². The number of carboxylic acid groups (broad SMARTS) is 1. The van der Waals surface area contributed by atoms with E-state index in [0.717, 1.165) is 9.77 Å². The van der Waals surface area contributed by atoms with Crippen LogP contribution in [0.3, 0.4) is 0 Å². The molecule has 1 unspecified atom stereocenters. The normalized spacial score (nSPS) is 12.8. The van der Waals surface area contributed by atoms with Crippen molar-refractivity contribution in [1.29, 1.82) is 0 Å². The molecule has 1 aromatic rings. The van der Waals surface area contributed by atoms with Crippen molar-refractivity contribution in [3.63, 3.8) is 0 Å². The predicted molar refractivity (Wildman–Crippen MR) is 58.5 cm³/mol. The first-order valence-corrected chi connectivity index (χ1v) is 6.08. The lowest BCUT2D eigenvalue weighted by Gasteiger charge is -2.08. The summed E-state index contributed by atoms with van der Waals surface area (Å²) in [5, 5.41) is 8.83. The maximum absolute atomic E-state index is 10.8. The van der Waals surface area contributed by atoms with Crippen LogP contribution >= 0.6 is 23.1 Å². The van der Waals surface area contributed by atoms with Gasteiger partial charge in [0.2, 0.25) is 0 Å². The second-order valence-electron chi connectivity index (χ2n) is 2.73. The van der Waals surface area contributed by atoms with E-state index < -0.39 is 5.97 Å². The molecular weight excluding hydrogens is 220 g/mol. The zero-order valence-electron chi connectivity index (χ0n) is 8.23. The van der Waals surface area contributed by atoms with Gasteiger partial charge in [0, 0.05) is 16.9 Å². The Morgan fingerprint density at radius 3 is 2.79 bits per heavy atom. The molecule has 1 aromatic heterocycles. The number of methoxy groups -OCH3 is 1. The van der Waals surface area contributed by atoms with E-state index in [9.17, 15) is 4.79 Å². The monoisotopic (exact) mass is 232 g/mol. The van der Waals surface area contributed by atoms with Crippen molar-refractivity contribution in [3.05, 3.63) is 15.8 Å². The molecule has 0 aliphatic carbocycles. The first-order chi connectivity index (χ1) is 6.60. The van der Waals surface area contributed by atoms with Crippen LogP contribution in [0.25, 0.3) is 0 Å². The molecule has 0 saturated heterocycles. The Bertz CT molecular complexity index is 333. The minimum absolute atomic E-state index is 0.0458. The molecule has 0 spiro atoms. The van der Waals surface area contributed by atoms with E-state index in [1.54, 1.807) is 24.9 Å². The number of aromatic carboxylic acids is 1. The SMILES string of the molecule is COC(C)c1sc(C(=O)O)cc1SC. The van der Waals surface area contributed by atoms with Gasteiger partial charge in [-0.2, -0.15) is 0 Å². The summed E-state index contributed by atoms with van der Waals surface area (Å²) in [6.45, 7) is 1.91. The topological polar surface area (TPSA) is 46.5 Å². The first-order valence-electron chi connectivity index (χ1n) is 4.04. The molecule has 1 rings (SSSR count). The van der Waals surface area contributed by atoms with E-state index >= 15 is 0 Å². The van der Waals surface area contributed by atoms with Gasteiger partial charge in [-0.3, -0.25) is 0 Å². The fourth-order valence-corrected chi connectivity index (χ4v) is 3.02. The maximum Gasteiger partial charge on any atom is 0.345 e. The molecular formula is C9H12O3S2. The second-order valence-corrected chi connectivity index (χ2v) is 4.66. The minimum atomic E-state index is -0.875. The summed E-state index contributed by atoms with van der Waals surface area (Å²) in [6, 6.07) is 1.70. The van der Waals surface area contributed by atoms with Crippen molar-refractivity contribution in [2.24, 2.45) is 0 Å². The molecule has 78 valence electrons. The number of carboxylic acids is 1. The van der Waals surface area contributed by atoms with E-state index in [0.29, 0.717) is 4.88 Å². The Kier molecular flexibility index (Phi) is 3.97. The average Bonchev–Trinajstić information content (AvgIpc) is 2.60. The zero-order chi connectivity index (χ0) is 10.7. The third kappa shape index (κ3) is 2.29. The molecule has 0 saturated carbocycles. The van der Waals surface area contributed by atoms with Gasteiger partial charge < -0.3 is 9.84 Å². The van der Waals surface area contributed by atoms with E-state index in [1.165, 1.54) is 11.3 Å². The molecule has 3 nitrogen and oxygen atoms in total. The van der Waals surface area contributed by atoms with Crippen molar-refractivity contribution in [2.75, 3.05) is 13.4 Å². The van der Waals surface area contributed by atoms with Gasteiger partial charge in [0.1, 0.15) is 4.88 Å². The largest absolute Gasteiger partial charge is 0.477 e.